The summed E-state index contributed by atoms with van der Waals surface area (Å²) >= 11 is 0. The number of hydrogen-bond donors (Lipinski definition) is 14. The van der Waals surface area contributed by atoms with Gasteiger partial charge in [-0.15, -0.1) is 0 Å². The van der Waals surface area contributed by atoms with Gasteiger partial charge in [-0.05, 0) is 221 Å². The molecule has 0 aliphatic heterocycles. The SMILES string of the molecule is CC(C)(CCCN)CCCN.CC(C)(CCN)CCCN.CC(C)CC(C)CN.CC(C)CC(C)N.CC(C)CC(O)CN.CC(C)CCCCCCN.CC(C)CCCCCCN.CC(C)CCCNCCCN.CC(C)c1nc(N)nc(N)n1. The zero-order valence-electron chi connectivity index (χ0n) is 61.5. The van der Waals surface area contributed by atoms with E-state index in [0.29, 0.717) is 41.1 Å². The Morgan fingerprint density at radius 2 is 0.709 bits per heavy atom. The van der Waals surface area contributed by atoms with Gasteiger partial charge >= 0.3 is 0 Å². The normalized spacial score (nSPS) is 12.1. The molecule has 526 valence electrons. The van der Waals surface area contributed by atoms with E-state index in [1.165, 1.54) is 103 Å². The number of unbranched alkanes of at least 4 members (excludes halogenated alkanes) is 6. The molecular formula is C69H164N16O. The molecule has 0 aliphatic rings. The van der Waals surface area contributed by atoms with Crippen LogP contribution in [0.3, 0.4) is 0 Å². The number of anilines is 2. The third-order valence-corrected chi connectivity index (χ3v) is 13.5. The summed E-state index contributed by atoms with van der Waals surface area (Å²) in [5.41, 5.74) is 65.5. The Hall–Kier alpha value is -1.87. The van der Waals surface area contributed by atoms with Crippen LogP contribution in [0.4, 0.5) is 11.9 Å². The van der Waals surface area contributed by atoms with E-state index < -0.39 is 0 Å². The highest BCUT2D eigenvalue weighted by molar-refractivity contribution is 5.26. The summed E-state index contributed by atoms with van der Waals surface area (Å²) in [6.07, 6.45) is 28.1. The fraction of sp³-hybridized carbons (Fsp3) is 0.957. The van der Waals surface area contributed by atoms with Crippen LogP contribution in [-0.2, 0) is 0 Å². The largest absolute Gasteiger partial charge is 0.392 e. The van der Waals surface area contributed by atoms with Crippen molar-refractivity contribution in [3.8, 4) is 0 Å². The van der Waals surface area contributed by atoms with E-state index in [4.69, 9.17) is 73.9 Å². The van der Waals surface area contributed by atoms with Crippen molar-refractivity contribution in [2.24, 2.45) is 110 Å². The molecule has 3 atom stereocenters. The first-order valence-corrected chi connectivity index (χ1v) is 34.8. The minimum atomic E-state index is -0.296. The lowest BCUT2D eigenvalue weighted by Crippen LogP contribution is -2.21. The number of aliphatic hydroxyl groups is 1. The smallest absolute Gasteiger partial charge is 0.225 e. The Bertz CT molecular complexity index is 1310. The molecule has 1 heterocycles. The van der Waals surface area contributed by atoms with Gasteiger partial charge < -0.3 is 79.2 Å². The first kappa shape index (κ1) is 100. The van der Waals surface area contributed by atoms with Crippen molar-refractivity contribution in [3.05, 3.63) is 5.82 Å². The van der Waals surface area contributed by atoms with Crippen molar-refractivity contribution in [2.45, 2.75) is 304 Å². The molecule has 0 aliphatic carbocycles. The zero-order valence-corrected chi connectivity index (χ0v) is 61.5. The van der Waals surface area contributed by atoms with E-state index in [1.807, 2.05) is 20.8 Å². The van der Waals surface area contributed by atoms with Gasteiger partial charge in [-0.25, -0.2) is 0 Å². The molecule has 3 unspecified atom stereocenters. The topological polar surface area (TPSA) is 383 Å². The molecule has 0 spiro atoms. The number of aromatic nitrogens is 3. The number of aliphatic hydroxyl groups excluding tert-OH is 1. The average Bonchev–Trinajstić information content (AvgIpc) is 3.53. The average molecular weight is 1230 g/mol. The molecule has 1 aromatic heterocycles. The van der Waals surface area contributed by atoms with E-state index in [2.05, 4.69) is 138 Å². The van der Waals surface area contributed by atoms with Gasteiger partial charge in [0.05, 0.1) is 6.10 Å². The standard InChI is InChI=1S/2C9H22N2.2C9H21N.C8H20N2.C7H17N.C6H11N5.C6H15NO.C6H15N/c1-9(2)5-3-7-11-8-4-6-10;1-9(2,5-3-7-10)6-4-8-11;2*1-9(2)7-5-3-4-6-8-10;1-8(2,5-7-10)4-3-6-9;1-6(2)4-7(3)5-8;1-3(2)4-9-5(7)11-6(8)10-4;1-5(2)3-6(8)4-7;1-5(2)4-6(3)7/h9,11H,3-8,10H2,1-2H3;3-8,10-11H2,1-2H3;2*9H,3-8,10H2,1-2H3;3-7,9-10H2,1-2H3;6-7H,4-5,8H2,1-3H3;3H,1-2H3,(H4,7,8,9,10,11);5-6,8H,3-4,7H2,1-2H3;5-6H,4,7H2,1-3H3. The van der Waals surface area contributed by atoms with Gasteiger partial charge in [-0.3, -0.25) is 0 Å². The molecule has 0 saturated heterocycles. The van der Waals surface area contributed by atoms with Crippen molar-refractivity contribution in [2.75, 3.05) is 83.5 Å². The highest BCUT2D eigenvalue weighted by Gasteiger charge is 2.16. The van der Waals surface area contributed by atoms with Crippen LogP contribution in [0.25, 0.3) is 0 Å². The van der Waals surface area contributed by atoms with Crippen LogP contribution in [0.5, 0.6) is 0 Å². The molecular weight excluding hydrogens is 1070 g/mol. The molecule has 86 heavy (non-hydrogen) atoms. The Morgan fingerprint density at radius 3 is 0.965 bits per heavy atom. The van der Waals surface area contributed by atoms with Gasteiger partial charge in [0.25, 0.3) is 0 Å². The van der Waals surface area contributed by atoms with Crippen molar-refractivity contribution in [1.82, 2.24) is 20.3 Å². The molecule has 1 rings (SSSR count). The third kappa shape index (κ3) is 107. The van der Waals surface area contributed by atoms with E-state index in [1.54, 1.807) is 0 Å². The van der Waals surface area contributed by atoms with Crippen molar-refractivity contribution < 1.29 is 5.11 Å². The van der Waals surface area contributed by atoms with E-state index in [0.717, 1.165) is 140 Å². The van der Waals surface area contributed by atoms with Gasteiger partial charge in [0.2, 0.25) is 11.9 Å². The maximum absolute atomic E-state index is 8.90. The molecule has 0 aromatic carbocycles. The van der Waals surface area contributed by atoms with Gasteiger partial charge in [0.15, 0.2) is 0 Å². The van der Waals surface area contributed by atoms with Crippen LogP contribution in [-0.4, -0.2) is 104 Å². The predicted octanol–water partition coefficient (Wildman–Crippen LogP) is 12.6. The number of rotatable bonds is 39. The lowest BCUT2D eigenvalue weighted by atomic mass is 9.83. The van der Waals surface area contributed by atoms with Crippen LogP contribution in [0, 0.1) is 52.3 Å². The minimum Gasteiger partial charge on any atom is -0.392 e. The monoisotopic (exact) mass is 1230 g/mol. The Kier molecular flexibility index (Phi) is 86.2. The Labute approximate surface area is 538 Å². The molecule has 1 aromatic rings. The van der Waals surface area contributed by atoms with Gasteiger partial charge in [-0.1, -0.05) is 183 Å². The van der Waals surface area contributed by atoms with Crippen LogP contribution < -0.4 is 74.1 Å². The number of nitrogen functional groups attached to an aromatic ring is 2. The second-order valence-electron chi connectivity index (χ2n) is 28.4. The Balaban J connectivity index is -0.000000133. The fourth-order valence-electron chi connectivity index (χ4n) is 8.44. The van der Waals surface area contributed by atoms with Gasteiger partial charge in [-0.2, -0.15) is 15.0 Å². The maximum atomic E-state index is 8.90. The summed E-state index contributed by atoms with van der Waals surface area (Å²) in [5, 5.41) is 12.3. The summed E-state index contributed by atoms with van der Waals surface area (Å²) in [6, 6.07) is 0.375. The second kappa shape index (κ2) is 73.9. The van der Waals surface area contributed by atoms with Crippen molar-refractivity contribution >= 4 is 11.9 Å². The number of nitrogens with two attached hydrogens (primary N) is 12. The summed E-state index contributed by atoms with van der Waals surface area (Å²) in [7, 11) is 0. The minimum absolute atomic E-state index is 0.182. The second-order valence-corrected chi connectivity index (χ2v) is 28.4. The van der Waals surface area contributed by atoms with Crippen LogP contribution in [0.2, 0.25) is 0 Å². The van der Waals surface area contributed by atoms with Gasteiger partial charge in [0.1, 0.15) is 5.82 Å². The quantitative estimate of drug-likeness (QED) is 0.0272. The first-order chi connectivity index (χ1) is 40.1. The molecule has 26 N–H and O–H groups in total. The maximum Gasteiger partial charge on any atom is 0.225 e. The van der Waals surface area contributed by atoms with Crippen molar-refractivity contribution in [3.63, 3.8) is 0 Å². The fourth-order valence-corrected chi connectivity index (χ4v) is 8.44. The van der Waals surface area contributed by atoms with Crippen LogP contribution in [0.1, 0.15) is 298 Å². The van der Waals surface area contributed by atoms with Gasteiger partial charge in [0, 0.05) is 18.5 Å². The van der Waals surface area contributed by atoms with Crippen molar-refractivity contribution in [1.29, 1.82) is 0 Å². The number of hydrogen-bond acceptors (Lipinski definition) is 17. The summed E-state index contributed by atoms with van der Waals surface area (Å²) in [4.78, 5) is 11.5. The number of nitrogens with zero attached hydrogens (tertiary/aromatic N) is 3. The molecule has 0 saturated carbocycles. The van der Waals surface area contributed by atoms with E-state index in [-0.39, 0.29) is 23.9 Å². The molecule has 17 heteroatoms. The lowest BCUT2D eigenvalue weighted by Gasteiger charge is -2.23. The Morgan fingerprint density at radius 1 is 0.372 bits per heavy atom. The summed E-state index contributed by atoms with van der Waals surface area (Å²) in [6.45, 7) is 53.0. The molecule has 0 radical (unpaired) electrons. The highest BCUT2D eigenvalue weighted by Crippen LogP contribution is 2.27. The molecule has 0 amide bonds. The zero-order chi connectivity index (χ0) is 68.4. The third-order valence-electron chi connectivity index (χ3n) is 13.5. The number of nitrogens with one attached hydrogen (secondary N) is 1. The highest BCUT2D eigenvalue weighted by atomic mass is 16.3. The molecule has 0 fully saturated rings. The molecule has 17 nitrogen and oxygen atoms in total. The van der Waals surface area contributed by atoms with E-state index in [9.17, 15) is 0 Å². The van der Waals surface area contributed by atoms with Crippen LogP contribution >= 0.6 is 0 Å². The summed E-state index contributed by atoms with van der Waals surface area (Å²) < 4.78 is 0. The first-order valence-electron chi connectivity index (χ1n) is 34.8. The van der Waals surface area contributed by atoms with E-state index >= 15 is 0 Å². The lowest BCUT2D eigenvalue weighted by molar-refractivity contribution is 0.157. The predicted molar refractivity (Wildman–Crippen MR) is 389 cm³/mol. The van der Waals surface area contributed by atoms with Crippen LogP contribution in [0.15, 0.2) is 0 Å². The molecule has 0 bridgehead atoms. The summed E-state index contributed by atoms with van der Waals surface area (Å²) in [5.74, 6) is 6.61.